The van der Waals surface area contributed by atoms with E-state index in [2.05, 4.69) is 45.8 Å². The average molecular weight is 692 g/mol. The number of nitriles is 1. The first-order valence-corrected chi connectivity index (χ1v) is 12.0. The Balaban J connectivity index is 0.000000380. The average Bonchev–Trinajstić information content (AvgIpc) is 3.71. The van der Waals surface area contributed by atoms with E-state index in [0.717, 1.165) is 5.69 Å². The summed E-state index contributed by atoms with van der Waals surface area (Å²) in [6.07, 6.45) is 8.07. The van der Waals surface area contributed by atoms with Crippen molar-refractivity contribution < 1.29 is 82.5 Å². The van der Waals surface area contributed by atoms with Crippen LogP contribution in [0.2, 0.25) is 0 Å². The fourth-order valence-corrected chi connectivity index (χ4v) is 4.61. The van der Waals surface area contributed by atoms with Crippen LogP contribution in [0.15, 0.2) is 48.0 Å². The first-order valence-electron chi connectivity index (χ1n) is 12.0. The maximum atomic E-state index is 13.7. The zero-order chi connectivity index (χ0) is 28.4. The molecule has 1 unspecified atom stereocenters. The van der Waals surface area contributed by atoms with E-state index in [1.807, 2.05) is 19.9 Å². The summed E-state index contributed by atoms with van der Waals surface area (Å²) in [5.41, 5.74) is 2.04. The van der Waals surface area contributed by atoms with Crippen molar-refractivity contribution >= 4 is 29.3 Å². The van der Waals surface area contributed by atoms with Gasteiger partial charge in [-0.05, 0) is 19.4 Å². The predicted octanol–water partition coefficient (Wildman–Crippen LogP) is 0.845. The van der Waals surface area contributed by atoms with Crippen LogP contribution in [-0.4, -0.2) is 56.9 Å². The molecule has 1 amide bonds. The number of aromatic nitrogens is 9. The Labute approximate surface area is 298 Å². The van der Waals surface area contributed by atoms with Crippen molar-refractivity contribution in [2.45, 2.75) is 38.5 Å². The number of halogens is 2. The molecule has 0 saturated carbocycles. The van der Waals surface area contributed by atoms with Crippen LogP contribution in [0.25, 0.3) is 11.5 Å². The van der Waals surface area contributed by atoms with E-state index in [1.165, 1.54) is 46.1 Å². The third kappa shape index (κ3) is 6.82. The summed E-state index contributed by atoms with van der Waals surface area (Å²) in [6.45, 7) is 5.71. The monoisotopic (exact) mass is 692 g/mol. The van der Waals surface area contributed by atoms with Crippen molar-refractivity contribution in [1.29, 1.82) is 5.26 Å². The molecule has 13 nitrogen and oxygen atoms in total. The number of aromatic amines is 1. The third-order valence-electron chi connectivity index (χ3n) is 6.19. The zero-order valence-electron chi connectivity index (χ0n) is 23.5. The van der Waals surface area contributed by atoms with Gasteiger partial charge in [-0.25, -0.2) is 19.5 Å². The molecule has 210 valence electrons. The van der Waals surface area contributed by atoms with Gasteiger partial charge in [0.1, 0.15) is 11.6 Å². The summed E-state index contributed by atoms with van der Waals surface area (Å²) < 4.78 is 27.2. The smallest absolute Gasteiger partial charge is 0.358 e. The van der Waals surface area contributed by atoms with Gasteiger partial charge in [0.25, 0.3) is 0 Å². The number of H-pyrrole nitrogens is 1. The Bertz CT molecular complexity index is 1770. The molecule has 0 fully saturated rings. The number of aliphatic imine (C=N–C) groups is 1. The Hall–Kier alpha value is -3.34. The fourth-order valence-electron chi connectivity index (χ4n) is 4.61. The number of fused-ring (bicyclic) bond motifs is 3. The van der Waals surface area contributed by atoms with Crippen LogP contribution < -0.4 is 74.2 Å². The molecular formula is C26H25CsF2N12O. The Kier molecular flexibility index (Phi) is 10.9. The van der Waals surface area contributed by atoms with Crippen molar-refractivity contribution in [2.75, 3.05) is 5.32 Å². The fraction of sp³-hybridized carbons (Fsp3) is 0.231. The second-order valence-corrected chi connectivity index (χ2v) is 9.42. The van der Waals surface area contributed by atoms with E-state index in [4.69, 9.17) is 0 Å². The summed E-state index contributed by atoms with van der Waals surface area (Å²) in [5, 5.41) is 29.8. The van der Waals surface area contributed by atoms with Crippen LogP contribution in [-0.2, 0) is 10.2 Å². The van der Waals surface area contributed by atoms with E-state index < -0.39 is 23.2 Å². The van der Waals surface area contributed by atoms with E-state index in [9.17, 15) is 18.8 Å². The number of anilines is 1. The maximum absolute atomic E-state index is 13.7. The minimum Gasteiger partial charge on any atom is -0.358 e. The molecule has 1 aliphatic rings. The normalized spacial score (nSPS) is 14.7. The van der Waals surface area contributed by atoms with Crippen LogP contribution in [0.4, 0.5) is 20.3 Å². The van der Waals surface area contributed by atoms with E-state index in [1.54, 1.807) is 19.3 Å². The molecule has 42 heavy (non-hydrogen) atoms. The van der Waals surface area contributed by atoms with Crippen molar-refractivity contribution in [3.8, 4) is 11.9 Å². The molecule has 5 aromatic heterocycles. The van der Waals surface area contributed by atoms with Gasteiger partial charge in [-0.2, -0.15) is 29.3 Å². The van der Waals surface area contributed by atoms with Gasteiger partial charge in [-0.15, -0.1) is 9.90 Å². The molecule has 5 heterocycles. The van der Waals surface area contributed by atoms with Crippen LogP contribution in [0, 0.1) is 30.7 Å². The van der Waals surface area contributed by atoms with Gasteiger partial charge in [-0.1, -0.05) is 13.8 Å². The van der Waals surface area contributed by atoms with Crippen LogP contribution in [0.3, 0.4) is 0 Å². The van der Waals surface area contributed by atoms with E-state index >= 15 is 0 Å². The van der Waals surface area contributed by atoms with Gasteiger partial charge >= 0.3 is 68.9 Å². The molecule has 1 aliphatic carbocycles. The molecule has 0 radical (unpaired) electrons. The first-order chi connectivity index (χ1) is 19.2. The van der Waals surface area contributed by atoms with Crippen molar-refractivity contribution in [3.05, 3.63) is 79.1 Å². The maximum Gasteiger partial charge on any atom is 1.00 e. The van der Waals surface area contributed by atoms with E-state index in [-0.39, 0.29) is 93.6 Å². The minimum absolute atomic E-state index is 0. The van der Waals surface area contributed by atoms with Gasteiger partial charge in [-0.3, -0.25) is 9.89 Å². The second-order valence-electron chi connectivity index (χ2n) is 9.42. The summed E-state index contributed by atoms with van der Waals surface area (Å²) in [5.74, 6) is -1.22. The number of hydrogen-bond donors (Lipinski definition) is 2. The van der Waals surface area contributed by atoms with Crippen LogP contribution in [0.1, 0.15) is 49.9 Å². The SMILES string of the molecule is CC1(C)CC(C(=O)Nc2cnc(-n3nccn3)c(C#N)c2)c2cnc3cc(F)nn3c21.CC=Nc1cc(F)[nH]n1.[CH3-].[Cs+]. The standard InChI is InChI=1S/C20H16FN9O.C5H6FN3.CH3.Cs/c1-20(2)7-13(14-10-23-16-6-15(21)28-29(16)17(14)20)19(31)27-12-5-11(8-22)18(24-9-12)30-25-3-4-26-30;1-2-7-5-3-4(6)8-9-5;;/h3-6,9-10,13H,7H2,1-2H3,(H,27,31);2-3H,1H3,(H,8,9);1H3;/q;;-1;+1. The quantitative estimate of drug-likeness (QED) is 0.207. The van der Waals surface area contributed by atoms with Crippen molar-refractivity contribution in [2.24, 2.45) is 4.99 Å². The molecule has 1 atom stereocenters. The largest absolute Gasteiger partial charge is 1.00 e. The number of carbonyl (C=O) groups excluding carboxylic acids is 1. The Morgan fingerprint density at radius 1 is 1.21 bits per heavy atom. The number of pyridine rings is 1. The van der Waals surface area contributed by atoms with Crippen molar-refractivity contribution in [3.63, 3.8) is 0 Å². The molecule has 6 rings (SSSR count). The van der Waals surface area contributed by atoms with Gasteiger partial charge in [0.05, 0.1) is 35.9 Å². The molecule has 0 spiro atoms. The molecule has 0 aromatic carbocycles. The number of nitrogens with zero attached hydrogens (tertiary/aromatic N) is 10. The van der Waals surface area contributed by atoms with Crippen molar-refractivity contribution in [1.82, 2.24) is 44.8 Å². The molecule has 16 heteroatoms. The van der Waals surface area contributed by atoms with Gasteiger partial charge in [0.2, 0.25) is 17.8 Å². The summed E-state index contributed by atoms with van der Waals surface area (Å²) in [6, 6.07) is 6.05. The number of nitrogens with one attached hydrogen (secondary N) is 2. The van der Waals surface area contributed by atoms with Crippen LogP contribution >= 0.6 is 0 Å². The minimum atomic E-state index is -0.619. The molecule has 0 bridgehead atoms. The molecule has 2 N–H and O–H groups in total. The molecule has 0 saturated heterocycles. The van der Waals surface area contributed by atoms with Crippen LogP contribution in [0.5, 0.6) is 0 Å². The summed E-state index contributed by atoms with van der Waals surface area (Å²) in [4.78, 5) is 26.6. The van der Waals surface area contributed by atoms with Gasteiger partial charge in [0.15, 0.2) is 17.3 Å². The van der Waals surface area contributed by atoms with Gasteiger partial charge < -0.3 is 12.7 Å². The number of rotatable bonds is 4. The topological polar surface area (TPSA) is 168 Å². The number of carbonyl (C=O) groups is 1. The van der Waals surface area contributed by atoms with E-state index in [0.29, 0.717) is 29.1 Å². The van der Waals surface area contributed by atoms with Gasteiger partial charge in [0, 0.05) is 35.5 Å². The number of hydrogen-bond acceptors (Lipinski definition) is 9. The second kappa shape index (κ2) is 13.8. The third-order valence-corrected chi connectivity index (χ3v) is 6.19. The Morgan fingerprint density at radius 3 is 2.60 bits per heavy atom. The molecular weight excluding hydrogens is 667 g/mol. The zero-order valence-corrected chi connectivity index (χ0v) is 29.8. The first kappa shape index (κ1) is 33.2. The predicted molar refractivity (Wildman–Crippen MR) is 145 cm³/mol. The summed E-state index contributed by atoms with van der Waals surface area (Å²) >= 11 is 0. The molecule has 0 aliphatic heterocycles. The summed E-state index contributed by atoms with van der Waals surface area (Å²) in [7, 11) is 0. The number of amides is 1. The molecule has 5 aromatic rings. The Morgan fingerprint density at radius 2 is 1.95 bits per heavy atom.